The average Bonchev–Trinajstić information content (AvgIpc) is 3.52. The number of nitrogens with zero attached hydrogens (tertiary/aromatic N) is 3. The van der Waals surface area contributed by atoms with Gasteiger partial charge in [-0.05, 0) is 79.2 Å². The molecule has 0 saturated heterocycles. The molecule has 1 aliphatic carbocycles. The van der Waals surface area contributed by atoms with E-state index in [-0.39, 0.29) is 28.7 Å². The van der Waals surface area contributed by atoms with E-state index in [0.29, 0.717) is 17.7 Å². The van der Waals surface area contributed by atoms with Gasteiger partial charge in [0.1, 0.15) is 17.7 Å². The Labute approximate surface area is 189 Å². The Hall–Kier alpha value is -2.63. The number of thiol groups is 1. The quantitative estimate of drug-likeness (QED) is 0.610. The van der Waals surface area contributed by atoms with E-state index in [2.05, 4.69) is 4.36 Å². The van der Waals surface area contributed by atoms with E-state index >= 15 is 0 Å². The van der Waals surface area contributed by atoms with Crippen LogP contribution in [0, 0.1) is 23.0 Å². The molecule has 8 heteroatoms. The Bertz CT molecular complexity index is 1170. The number of hydrogen-bond acceptors (Lipinski definition) is 4. The van der Waals surface area contributed by atoms with Gasteiger partial charge in [0.05, 0.1) is 27.5 Å². The molecule has 1 amide bonds. The zero-order chi connectivity index (χ0) is 23.6. The molecule has 5 nitrogen and oxygen atoms in total. The third-order valence-corrected chi connectivity index (χ3v) is 6.59. The van der Waals surface area contributed by atoms with E-state index in [1.807, 2.05) is 25.1 Å². The van der Waals surface area contributed by atoms with Gasteiger partial charge < -0.3 is 4.90 Å². The van der Waals surface area contributed by atoms with Crippen LogP contribution in [0.15, 0.2) is 33.5 Å². The summed E-state index contributed by atoms with van der Waals surface area (Å²) in [5.41, 5.74) is 2.30. The minimum absolute atomic E-state index is 0.0327. The van der Waals surface area contributed by atoms with Gasteiger partial charge in [-0.3, -0.25) is 4.79 Å². The topological polar surface area (TPSA) is 73.5 Å². The van der Waals surface area contributed by atoms with Crippen LogP contribution in [0.4, 0.5) is 8.78 Å². The summed E-state index contributed by atoms with van der Waals surface area (Å²) in [6.07, 6.45) is 1.58. The van der Waals surface area contributed by atoms with Crippen LogP contribution in [0.2, 0.25) is 0 Å². The Balaban J connectivity index is 1.94. The lowest BCUT2D eigenvalue weighted by atomic mass is 9.87. The SMILES string of the molecule is CC(C)c1c(F)c(C#N)cc(C2CC2)c1CC(=O)N=[SH](=O)c1ccc(CN(C)C)cc1F. The zero-order valence-corrected chi connectivity index (χ0v) is 19.5. The van der Waals surface area contributed by atoms with Gasteiger partial charge in [0.2, 0.25) is 0 Å². The van der Waals surface area contributed by atoms with Gasteiger partial charge in [-0.15, -0.1) is 0 Å². The predicted molar refractivity (Wildman–Crippen MR) is 120 cm³/mol. The summed E-state index contributed by atoms with van der Waals surface area (Å²) in [5.74, 6) is -2.07. The Morgan fingerprint density at radius 2 is 1.97 bits per heavy atom. The van der Waals surface area contributed by atoms with E-state index < -0.39 is 28.1 Å². The van der Waals surface area contributed by atoms with Crippen molar-refractivity contribution in [2.45, 2.75) is 56.4 Å². The van der Waals surface area contributed by atoms with Gasteiger partial charge in [0.25, 0.3) is 5.91 Å². The summed E-state index contributed by atoms with van der Waals surface area (Å²) >= 11 is 0. The third-order valence-electron chi connectivity index (χ3n) is 5.41. The summed E-state index contributed by atoms with van der Waals surface area (Å²) in [5, 5.41) is 9.31. The van der Waals surface area contributed by atoms with E-state index in [9.17, 15) is 23.0 Å². The summed E-state index contributed by atoms with van der Waals surface area (Å²) in [7, 11) is 1.08. The molecular formula is C24H27F2N3O2S. The highest BCUT2D eigenvalue weighted by Crippen LogP contribution is 2.44. The molecule has 0 aromatic heterocycles. The van der Waals surface area contributed by atoms with E-state index in [0.717, 1.165) is 24.0 Å². The fourth-order valence-corrected chi connectivity index (χ4v) is 4.72. The molecule has 0 N–H and O–H groups in total. The van der Waals surface area contributed by atoms with Crippen molar-refractivity contribution in [3.63, 3.8) is 0 Å². The summed E-state index contributed by atoms with van der Waals surface area (Å²) in [6.45, 7) is 4.12. The summed E-state index contributed by atoms with van der Waals surface area (Å²) in [4.78, 5) is 14.4. The molecule has 1 saturated carbocycles. The lowest BCUT2D eigenvalue weighted by Gasteiger charge is -2.18. The van der Waals surface area contributed by atoms with Crippen molar-refractivity contribution < 1.29 is 17.8 Å². The number of amides is 1. The number of rotatable bonds is 7. The number of carbonyl (C=O) groups is 1. The lowest BCUT2D eigenvalue weighted by molar-refractivity contribution is -0.117. The highest BCUT2D eigenvalue weighted by Gasteiger charge is 2.31. The lowest BCUT2D eigenvalue weighted by Crippen LogP contribution is -2.12. The first kappa shape index (κ1) is 24.0. The van der Waals surface area contributed by atoms with Gasteiger partial charge in [-0.1, -0.05) is 19.9 Å². The summed E-state index contributed by atoms with van der Waals surface area (Å²) < 4.78 is 45.7. The zero-order valence-electron chi connectivity index (χ0n) is 18.7. The Morgan fingerprint density at radius 3 is 2.50 bits per heavy atom. The molecule has 0 radical (unpaired) electrons. The fourth-order valence-electron chi connectivity index (χ4n) is 3.89. The van der Waals surface area contributed by atoms with Gasteiger partial charge in [-0.2, -0.15) is 9.62 Å². The van der Waals surface area contributed by atoms with Crippen LogP contribution in [-0.2, 0) is 28.4 Å². The molecule has 1 aliphatic rings. The van der Waals surface area contributed by atoms with E-state index in [1.54, 1.807) is 19.9 Å². The highest BCUT2D eigenvalue weighted by atomic mass is 32.2. The number of benzene rings is 2. The molecule has 2 aromatic rings. The van der Waals surface area contributed by atoms with Crippen LogP contribution in [0.1, 0.15) is 66.3 Å². The third kappa shape index (κ3) is 5.40. The van der Waals surface area contributed by atoms with Gasteiger partial charge in [-0.25, -0.2) is 13.0 Å². The molecule has 1 atom stereocenters. The molecule has 0 heterocycles. The first-order chi connectivity index (χ1) is 15.1. The maximum atomic E-state index is 14.9. The normalized spacial score (nSPS) is 14.7. The van der Waals surface area contributed by atoms with Crippen molar-refractivity contribution in [2.24, 2.45) is 4.36 Å². The summed E-state index contributed by atoms with van der Waals surface area (Å²) in [6, 6.07) is 7.75. The van der Waals surface area contributed by atoms with Crippen LogP contribution >= 0.6 is 0 Å². The molecule has 0 spiro atoms. The van der Waals surface area contributed by atoms with Crippen LogP contribution < -0.4 is 0 Å². The van der Waals surface area contributed by atoms with Crippen LogP contribution in [0.25, 0.3) is 0 Å². The van der Waals surface area contributed by atoms with Gasteiger partial charge in [0.15, 0.2) is 0 Å². The minimum Gasteiger partial charge on any atom is -0.305 e. The second-order valence-corrected chi connectivity index (χ2v) is 9.96. The second kappa shape index (κ2) is 9.88. The smallest absolute Gasteiger partial charge is 0.258 e. The highest BCUT2D eigenvalue weighted by molar-refractivity contribution is 7.75. The maximum Gasteiger partial charge on any atom is 0.258 e. The molecule has 170 valence electrons. The van der Waals surface area contributed by atoms with Crippen LogP contribution in [-0.4, -0.2) is 29.1 Å². The largest absolute Gasteiger partial charge is 0.305 e. The molecule has 0 aliphatic heterocycles. The first-order valence-electron chi connectivity index (χ1n) is 10.5. The monoisotopic (exact) mass is 459 g/mol. The Kier molecular flexibility index (Phi) is 7.42. The fraction of sp³-hybridized carbons (Fsp3) is 0.417. The van der Waals surface area contributed by atoms with E-state index in [4.69, 9.17) is 0 Å². The Morgan fingerprint density at radius 1 is 1.28 bits per heavy atom. The van der Waals surface area contributed by atoms with E-state index in [1.165, 1.54) is 18.2 Å². The molecule has 1 unspecified atom stereocenters. The predicted octanol–water partition coefficient (Wildman–Crippen LogP) is 4.69. The number of halogens is 2. The number of nitriles is 1. The maximum absolute atomic E-state index is 14.9. The van der Waals surface area contributed by atoms with Crippen molar-refractivity contribution in [3.8, 4) is 6.07 Å². The number of carbonyl (C=O) groups excluding carboxylic acids is 1. The molecule has 1 fully saturated rings. The molecule has 0 bridgehead atoms. The van der Waals surface area contributed by atoms with Gasteiger partial charge in [0, 0.05) is 6.54 Å². The molecule has 32 heavy (non-hydrogen) atoms. The minimum atomic E-state index is -2.63. The van der Waals surface area contributed by atoms with Crippen molar-refractivity contribution in [1.29, 1.82) is 5.26 Å². The second-order valence-electron chi connectivity index (χ2n) is 8.73. The van der Waals surface area contributed by atoms with Crippen molar-refractivity contribution in [1.82, 2.24) is 4.90 Å². The molecule has 3 rings (SSSR count). The number of hydrogen-bond donors (Lipinski definition) is 1. The molecule has 2 aromatic carbocycles. The van der Waals surface area contributed by atoms with Crippen molar-refractivity contribution >= 4 is 16.5 Å². The van der Waals surface area contributed by atoms with Gasteiger partial charge >= 0.3 is 0 Å². The molecular weight excluding hydrogens is 432 g/mol. The van der Waals surface area contributed by atoms with Crippen LogP contribution in [0.5, 0.6) is 0 Å². The van der Waals surface area contributed by atoms with Crippen LogP contribution in [0.3, 0.4) is 0 Å². The average molecular weight is 460 g/mol. The van der Waals surface area contributed by atoms with Crippen molar-refractivity contribution in [2.75, 3.05) is 14.1 Å². The standard InChI is InChI=1S/C24H27F2N3O2S/c1-14(2)23-19(18(16-6-7-16)10-17(12-27)24(23)26)11-22(30)28-32(31)21-8-5-15(9-20(21)25)13-29(3)4/h5,8-10,14,16,32H,6-7,11,13H2,1-4H3. The first-order valence-corrected chi connectivity index (χ1v) is 11.7. The van der Waals surface area contributed by atoms with Crippen molar-refractivity contribution in [3.05, 3.63) is 63.7 Å².